The molecule has 0 N–H and O–H groups in total. The minimum atomic E-state index is -0.412. The van der Waals surface area contributed by atoms with Gasteiger partial charge in [-0.2, -0.15) is 4.98 Å². The van der Waals surface area contributed by atoms with Crippen LogP contribution in [-0.2, 0) is 22.6 Å². The zero-order chi connectivity index (χ0) is 18.5. The summed E-state index contributed by atoms with van der Waals surface area (Å²) >= 11 is 1.52. The highest BCUT2D eigenvalue weighted by molar-refractivity contribution is 7.13. The van der Waals surface area contributed by atoms with Crippen molar-refractivity contribution < 1.29 is 18.5 Å². The van der Waals surface area contributed by atoms with E-state index in [1.54, 1.807) is 0 Å². The second-order valence-corrected chi connectivity index (χ2v) is 6.46. The number of thiophene rings is 1. The van der Waals surface area contributed by atoms with E-state index in [0.29, 0.717) is 24.0 Å². The molecule has 27 heavy (non-hydrogen) atoms. The van der Waals surface area contributed by atoms with Gasteiger partial charge in [0, 0.05) is 12.0 Å². The Morgan fingerprint density at radius 3 is 2.78 bits per heavy atom. The lowest BCUT2D eigenvalue weighted by atomic mass is 10.2. The molecular formula is C18H14N4O4S. The SMILES string of the molecule is O=C(CCc1nc(-c2cccs2)no1)OCc1nnc(-c2ccccc2)o1. The Balaban J connectivity index is 1.26. The summed E-state index contributed by atoms with van der Waals surface area (Å²) in [7, 11) is 0. The molecule has 0 saturated carbocycles. The Kier molecular flexibility index (Phi) is 5.01. The van der Waals surface area contributed by atoms with Gasteiger partial charge in [0.05, 0.1) is 11.3 Å². The highest BCUT2D eigenvalue weighted by Crippen LogP contribution is 2.21. The molecule has 0 fully saturated rings. The molecule has 136 valence electrons. The van der Waals surface area contributed by atoms with Gasteiger partial charge in [-0.3, -0.25) is 4.79 Å². The van der Waals surface area contributed by atoms with Gasteiger partial charge in [-0.05, 0) is 23.6 Å². The summed E-state index contributed by atoms with van der Waals surface area (Å²) in [5.74, 6) is 1.12. The first-order chi connectivity index (χ1) is 13.3. The molecule has 8 nitrogen and oxygen atoms in total. The van der Waals surface area contributed by atoms with Crippen LogP contribution in [0.2, 0.25) is 0 Å². The quantitative estimate of drug-likeness (QED) is 0.447. The molecule has 0 saturated heterocycles. The maximum absolute atomic E-state index is 11.9. The van der Waals surface area contributed by atoms with Crippen molar-refractivity contribution in [3.05, 3.63) is 59.6 Å². The molecule has 9 heteroatoms. The number of nitrogens with zero attached hydrogens (tertiary/aromatic N) is 4. The Labute approximate surface area is 157 Å². The van der Waals surface area contributed by atoms with Gasteiger partial charge in [0.15, 0.2) is 6.61 Å². The van der Waals surface area contributed by atoms with Crippen molar-refractivity contribution in [3.8, 4) is 22.2 Å². The summed E-state index contributed by atoms with van der Waals surface area (Å²) in [6.07, 6.45) is 0.419. The average Bonchev–Trinajstić information content (AvgIpc) is 3.47. The molecule has 0 radical (unpaired) electrons. The van der Waals surface area contributed by atoms with E-state index in [0.717, 1.165) is 10.4 Å². The Morgan fingerprint density at radius 2 is 1.96 bits per heavy atom. The number of esters is 1. The maximum atomic E-state index is 11.9. The molecule has 0 aliphatic heterocycles. The van der Waals surface area contributed by atoms with Crippen LogP contribution in [0.15, 0.2) is 56.8 Å². The highest BCUT2D eigenvalue weighted by atomic mass is 32.1. The molecule has 0 unspecified atom stereocenters. The summed E-state index contributed by atoms with van der Waals surface area (Å²) in [6, 6.07) is 13.2. The van der Waals surface area contributed by atoms with Crippen molar-refractivity contribution >= 4 is 17.3 Å². The Hall–Kier alpha value is -3.33. The fourth-order valence-corrected chi connectivity index (χ4v) is 2.94. The second kappa shape index (κ2) is 7.92. The Morgan fingerprint density at radius 1 is 1.07 bits per heavy atom. The summed E-state index contributed by atoms with van der Waals surface area (Å²) in [4.78, 5) is 17.1. The van der Waals surface area contributed by atoms with Gasteiger partial charge in [-0.1, -0.05) is 29.4 Å². The topological polar surface area (TPSA) is 104 Å². The number of carbonyl (C=O) groups is 1. The van der Waals surface area contributed by atoms with Crippen molar-refractivity contribution in [1.29, 1.82) is 0 Å². The first kappa shape index (κ1) is 17.1. The van der Waals surface area contributed by atoms with Crippen LogP contribution in [0, 0.1) is 0 Å². The number of aromatic nitrogens is 4. The molecule has 0 bridgehead atoms. The van der Waals surface area contributed by atoms with Crippen LogP contribution in [0.3, 0.4) is 0 Å². The standard InChI is InChI=1S/C18H14N4O4S/c23-16(9-8-14-19-17(22-26-14)13-7-4-10-27-13)24-11-15-20-21-18(25-15)12-5-2-1-3-6-12/h1-7,10H,8-9,11H2. The van der Waals surface area contributed by atoms with Crippen molar-refractivity contribution in [2.45, 2.75) is 19.4 Å². The van der Waals surface area contributed by atoms with E-state index in [4.69, 9.17) is 13.7 Å². The lowest BCUT2D eigenvalue weighted by Gasteiger charge is -2.00. The van der Waals surface area contributed by atoms with Crippen LogP contribution in [0.25, 0.3) is 22.2 Å². The van der Waals surface area contributed by atoms with Gasteiger partial charge in [0.1, 0.15) is 0 Å². The number of aryl methyl sites for hydroxylation is 1. The van der Waals surface area contributed by atoms with Crippen molar-refractivity contribution in [2.75, 3.05) is 0 Å². The van der Waals surface area contributed by atoms with Gasteiger partial charge in [0.2, 0.25) is 17.6 Å². The monoisotopic (exact) mass is 382 g/mol. The van der Waals surface area contributed by atoms with Gasteiger partial charge >= 0.3 is 5.97 Å². The average molecular weight is 382 g/mol. The summed E-state index contributed by atoms with van der Waals surface area (Å²) in [5, 5.41) is 13.7. The summed E-state index contributed by atoms with van der Waals surface area (Å²) in [5.41, 5.74) is 0.806. The molecule has 1 aromatic carbocycles. The van der Waals surface area contributed by atoms with Gasteiger partial charge in [0.25, 0.3) is 5.89 Å². The van der Waals surface area contributed by atoms with Crippen molar-refractivity contribution in [2.24, 2.45) is 0 Å². The van der Waals surface area contributed by atoms with E-state index in [1.165, 1.54) is 11.3 Å². The molecule has 0 amide bonds. The molecule has 3 heterocycles. The third-order valence-electron chi connectivity index (χ3n) is 3.60. The fourth-order valence-electron chi connectivity index (χ4n) is 2.29. The summed E-state index contributed by atoms with van der Waals surface area (Å²) < 4.78 is 15.8. The lowest BCUT2D eigenvalue weighted by molar-refractivity contribution is -0.145. The first-order valence-corrected chi connectivity index (χ1v) is 9.06. The van der Waals surface area contributed by atoms with E-state index in [-0.39, 0.29) is 18.9 Å². The van der Waals surface area contributed by atoms with Crippen LogP contribution in [0.4, 0.5) is 0 Å². The number of carbonyl (C=O) groups excluding carboxylic acids is 1. The first-order valence-electron chi connectivity index (χ1n) is 8.18. The van der Waals surface area contributed by atoms with Crippen LogP contribution in [0.5, 0.6) is 0 Å². The van der Waals surface area contributed by atoms with E-state index in [9.17, 15) is 4.79 Å². The van der Waals surface area contributed by atoms with E-state index in [2.05, 4.69) is 20.3 Å². The predicted octanol–water partition coefficient (Wildman–Crippen LogP) is 3.52. The molecule has 0 aliphatic carbocycles. The molecule has 4 aromatic rings. The minimum absolute atomic E-state index is 0.0804. The fraction of sp³-hybridized carbons (Fsp3) is 0.167. The Bertz CT molecular complexity index is 1010. The lowest BCUT2D eigenvalue weighted by Crippen LogP contribution is -2.06. The number of ether oxygens (including phenoxy) is 1. The molecule has 0 spiro atoms. The molecular weight excluding hydrogens is 368 g/mol. The smallest absolute Gasteiger partial charge is 0.306 e. The molecule has 0 aliphatic rings. The summed E-state index contributed by atoms with van der Waals surface area (Å²) in [6.45, 7) is -0.0804. The van der Waals surface area contributed by atoms with Gasteiger partial charge in [-0.15, -0.1) is 21.5 Å². The highest BCUT2D eigenvalue weighted by Gasteiger charge is 2.14. The van der Waals surface area contributed by atoms with E-state index in [1.807, 2.05) is 47.8 Å². The molecule has 0 atom stereocenters. The predicted molar refractivity (Wildman–Crippen MR) is 95.5 cm³/mol. The normalized spacial score (nSPS) is 10.8. The zero-order valence-corrected chi connectivity index (χ0v) is 14.9. The van der Waals surface area contributed by atoms with Crippen LogP contribution < -0.4 is 0 Å². The van der Waals surface area contributed by atoms with Crippen LogP contribution >= 0.6 is 11.3 Å². The van der Waals surface area contributed by atoms with Gasteiger partial charge in [-0.25, -0.2) is 0 Å². The van der Waals surface area contributed by atoms with E-state index < -0.39 is 5.97 Å². The number of hydrogen-bond acceptors (Lipinski definition) is 9. The zero-order valence-electron chi connectivity index (χ0n) is 14.1. The second-order valence-electron chi connectivity index (χ2n) is 5.52. The largest absolute Gasteiger partial charge is 0.456 e. The number of hydrogen-bond donors (Lipinski definition) is 0. The molecule has 3 aromatic heterocycles. The van der Waals surface area contributed by atoms with E-state index >= 15 is 0 Å². The maximum Gasteiger partial charge on any atom is 0.306 e. The van der Waals surface area contributed by atoms with Crippen LogP contribution in [-0.4, -0.2) is 26.3 Å². The third-order valence-corrected chi connectivity index (χ3v) is 4.46. The minimum Gasteiger partial charge on any atom is -0.456 e. The van der Waals surface area contributed by atoms with Crippen LogP contribution in [0.1, 0.15) is 18.2 Å². The van der Waals surface area contributed by atoms with Crippen molar-refractivity contribution in [3.63, 3.8) is 0 Å². The molecule has 4 rings (SSSR count). The third kappa shape index (κ3) is 4.26. The number of rotatable bonds is 7. The van der Waals surface area contributed by atoms with Gasteiger partial charge < -0.3 is 13.7 Å². The van der Waals surface area contributed by atoms with Crippen molar-refractivity contribution in [1.82, 2.24) is 20.3 Å². The number of benzene rings is 1.